The molecule has 1 saturated heterocycles. The molecule has 2 aromatic rings. The molecule has 1 N–H and O–H groups in total. The zero-order chi connectivity index (χ0) is 18.8. The molecule has 144 valence electrons. The molecule has 1 aliphatic carbocycles. The van der Waals surface area contributed by atoms with E-state index in [0.717, 1.165) is 54.9 Å². The lowest BCUT2D eigenvalue weighted by molar-refractivity contribution is -0.119. The summed E-state index contributed by atoms with van der Waals surface area (Å²) < 4.78 is 12.2. The number of hydrogen-bond donors (Lipinski definition) is 1. The Hall–Kier alpha value is -2.34. The summed E-state index contributed by atoms with van der Waals surface area (Å²) >= 11 is 0. The van der Waals surface area contributed by atoms with Crippen LogP contribution in [-0.2, 0) is 17.9 Å². The van der Waals surface area contributed by atoms with Crippen molar-refractivity contribution >= 4 is 5.91 Å². The Balaban J connectivity index is 1.27. The summed E-state index contributed by atoms with van der Waals surface area (Å²) in [6.07, 6.45) is 4.14. The highest BCUT2D eigenvalue weighted by atomic mass is 16.5. The van der Waals surface area contributed by atoms with E-state index in [-0.39, 0.29) is 12.0 Å². The van der Waals surface area contributed by atoms with Gasteiger partial charge in [0.2, 0.25) is 5.91 Å². The van der Waals surface area contributed by atoms with E-state index in [1.807, 2.05) is 12.1 Å². The van der Waals surface area contributed by atoms with Crippen LogP contribution in [0.5, 0.6) is 5.75 Å². The van der Waals surface area contributed by atoms with Gasteiger partial charge in [-0.2, -0.15) is 0 Å². The molecule has 2 aromatic heterocycles. The Morgan fingerprint density at radius 3 is 3.04 bits per heavy atom. The van der Waals surface area contributed by atoms with Gasteiger partial charge < -0.3 is 14.5 Å². The van der Waals surface area contributed by atoms with Crippen molar-refractivity contribution in [2.75, 3.05) is 13.1 Å². The number of aromatic nitrogens is 1. The Morgan fingerprint density at radius 1 is 1.41 bits per heavy atom. The van der Waals surface area contributed by atoms with E-state index in [4.69, 9.17) is 9.15 Å². The van der Waals surface area contributed by atoms with Gasteiger partial charge in [-0.25, -0.2) is 0 Å². The highest BCUT2D eigenvalue weighted by Crippen LogP contribution is 2.47. The van der Waals surface area contributed by atoms with Gasteiger partial charge in [-0.1, -0.05) is 6.92 Å². The van der Waals surface area contributed by atoms with Crippen molar-refractivity contribution in [3.63, 3.8) is 0 Å². The molecule has 27 heavy (non-hydrogen) atoms. The molecule has 1 aliphatic heterocycles. The van der Waals surface area contributed by atoms with Gasteiger partial charge in [0, 0.05) is 38.2 Å². The molecule has 2 fully saturated rings. The minimum absolute atomic E-state index is 0.0632. The molecule has 2 aliphatic rings. The van der Waals surface area contributed by atoms with E-state index in [1.54, 1.807) is 6.20 Å². The van der Waals surface area contributed by atoms with E-state index in [1.165, 1.54) is 13.3 Å². The highest BCUT2D eigenvalue weighted by Gasteiger charge is 2.36. The third-order valence-electron chi connectivity index (χ3n) is 5.38. The minimum atomic E-state index is -0.0632. The molecule has 1 amide bonds. The number of nitrogens with zero attached hydrogens (tertiary/aromatic N) is 2. The van der Waals surface area contributed by atoms with Crippen molar-refractivity contribution in [2.24, 2.45) is 5.92 Å². The van der Waals surface area contributed by atoms with Crippen LogP contribution in [0.2, 0.25) is 0 Å². The average molecular weight is 369 g/mol. The largest absolute Gasteiger partial charge is 0.489 e. The second kappa shape index (κ2) is 7.72. The SMILES string of the molecule is CC(=O)NCc1cc(OC2CCN(Cc3ccc(C4CC4C)o3)C2)ccn1. The van der Waals surface area contributed by atoms with Gasteiger partial charge in [0.05, 0.1) is 18.8 Å². The summed E-state index contributed by atoms with van der Waals surface area (Å²) in [5, 5.41) is 2.76. The standard InChI is InChI=1S/C21H27N3O3/c1-14-9-20(14)21-4-3-18(27-21)12-24-8-6-19(13-24)26-17-5-7-22-16(10-17)11-23-15(2)25/h3-5,7,10,14,19-20H,6,8-9,11-13H2,1-2H3,(H,23,25). The van der Waals surface area contributed by atoms with Crippen molar-refractivity contribution in [3.8, 4) is 5.75 Å². The Morgan fingerprint density at radius 2 is 2.26 bits per heavy atom. The number of hydrogen-bond acceptors (Lipinski definition) is 5. The zero-order valence-corrected chi connectivity index (χ0v) is 16.0. The van der Waals surface area contributed by atoms with Gasteiger partial charge >= 0.3 is 0 Å². The van der Waals surface area contributed by atoms with Gasteiger partial charge in [0.1, 0.15) is 23.4 Å². The summed E-state index contributed by atoms with van der Waals surface area (Å²) in [4.78, 5) is 17.7. The fourth-order valence-electron chi connectivity index (χ4n) is 3.69. The average Bonchev–Trinajstić information content (AvgIpc) is 3.02. The summed E-state index contributed by atoms with van der Waals surface area (Å²) in [7, 11) is 0. The first kappa shape index (κ1) is 18.0. The second-order valence-electron chi connectivity index (χ2n) is 7.78. The maximum Gasteiger partial charge on any atom is 0.217 e. The van der Waals surface area contributed by atoms with E-state index in [2.05, 4.69) is 34.3 Å². The number of carbonyl (C=O) groups is 1. The molecule has 4 rings (SSSR count). The number of pyridine rings is 1. The number of furan rings is 1. The fraction of sp³-hybridized carbons (Fsp3) is 0.524. The predicted molar refractivity (Wildman–Crippen MR) is 101 cm³/mol. The lowest BCUT2D eigenvalue weighted by Gasteiger charge is -2.16. The van der Waals surface area contributed by atoms with Crippen LogP contribution in [0.4, 0.5) is 0 Å². The van der Waals surface area contributed by atoms with Gasteiger partial charge in [0.25, 0.3) is 0 Å². The second-order valence-corrected chi connectivity index (χ2v) is 7.78. The van der Waals surface area contributed by atoms with Crippen LogP contribution in [0.15, 0.2) is 34.9 Å². The number of carbonyl (C=O) groups excluding carboxylic acids is 1. The first-order valence-corrected chi connectivity index (χ1v) is 9.74. The summed E-state index contributed by atoms with van der Waals surface area (Å²) in [5.74, 6) is 4.34. The molecule has 1 saturated carbocycles. The predicted octanol–water partition coefficient (Wildman–Crippen LogP) is 3.09. The van der Waals surface area contributed by atoms with Gasteiger partial charge in [-0.15, -0.1) is 0 Å². The lowest BCUT2D eigenvalue weighted by Crippen LogP contribution is -2.24. The zero-order valence-electron chi connectivity index (χ0n) is 16.0. The van der Waals surface area contributed by atoms with Crippen LogP contribution in [0.25, 0.3) is 0 Å². The maximum atomic E-state index is 11.0. The monoisotopic (exact) mass is 369 g/mol. The van der Waals surface area contributed by atoms with E-state index < -0.39 is 0 Å². The maximum absolute atomic E-state index is 11.0. The first-order chi connectivity index (χ1) is 13.1. The lowest BCUT2D eigenvalue weighted by atomic mass is 10.3. The Labute approximate surface area is 159 Å². The molecule has 6 heteroatoms. The minimum Gasteiger partial charge on any atom is -0.489 e. The summed E-state index contributed by atoms with van der Waals surface area (Å²) in [6.45, 7) is 6.93. The molecule has 6 nitrogen and oxygen atoms in total. The molecule has 0 bridgehead atoms. The van der Waals surface area contributed by atoms with Crippen LogP contribution in [0, 0.1) is 5.92 Å². The topological polar surface area (TPSA) is 67.6 Å². The Kier molecular flexibility index (Phi) is 5.16. The number of nitrogens with one attached hydrogen (secondary N) is 1. The van der Waals surface area contributed by atoms with Crippen molar-refractivity contribution in [2.45, 2.75) is 51.8 Å². The molecular weight excluding hydrogens is 342 g/mol. The van der Waals surface area contributed by atoms with Crippen LogP contribution >= 0.6 is 0 Å². The molecule has 0 radical (unpaired) electrons. The van der Waals surface area contributed by atoms with Gasteiger partial charge in [0.15, 0.2) is 0 Å². The van der Waals surface area contributed by atoms with Crippen molar-refractivity contribution < 1.29 is 13.9 Å². The fourth-order valence-corrected chi connectivity index (χ4v) is 3.69. The van der Waals surface area contributed by atoms with Crippen LogP contribution < -0.4 is 10.1 Å². The van der Waals surface area contributed by atoms with Crippen LogP contribution in [0.1, 0.15) is 49.8 Å². The number of amides is 1. The number of likely N-dealkylation sites (tertiary alicyclic amines) is 1. The summed E-state index contributed by atoms with van der Waals surface area (Å²) in [6, 6.07) is 8.02. The normalized spacial score (nSPS) is 24.7. The van der Waals surface area contributed by atoms with E-state index in [9.17, 15) is 4.79 Å². The molecule has 0 spiro atoms. The molecule has 0 aromatic carbocycles. The smallest absolute Gasteiger partial charge is 0.217 e. The number of rotatable bonds is 7. The van der Waals surface area contributed by atoms with Crippen molar-refractivity contribution in [1.82, 2.24) is 15.2 Å². The summed E-state index contributed by atoms with van der Waals surface area (Å²) in [5.41, 5.74) is 0.801. The third kappa shape index (κ3) is 4.69. The van der Waals surface area contributed by atoms with Gasteiger partial charge in [-0.3, -0.25) is 14.7 Å². The van der Waals surface area contributed by atoms with Crippen molar-refractivity contribution in [1.29, 1.82) is 0 Å². The van der Waals surface area contributed by atoms with Crippen molar-refractivity contribution in [3.05, 3.63) is 47.7 Å². The third-order valence-corrected chi connectivity index (χ3v) is 5.38. The van der Waals surface area contributed by atoms with E-state index >= 15 is 0 Å². The highest BCUT2D eigenvalue weighted by molar-refractivity contribution is 5.72. The molecule has 3 heterocycles. The number of ether oxygens (including phenoxy) is 1. The molecule has 3 unspecified atom stereocenters. The first-order valence-electron chi connectivity index (χ1n) is 9.74. The van der Waals surface area contributed by atoms with Crippen LogP contribution in [0.3, 0.4) is 0 Å². The quantitative estimate of drug-likeness (QED) is 0.812. The molecule has 3 atom stereocenters. The van der Waals surface area contributed by atoms with Crippen LogP contribution in [-0.4, -0.2) is 35.0 Å². The molecular formula is C21H27N3O3. The Bertz CT molecular complexity index is 803. The van der Waals surface area contributed by atoms with E-state index in [0.29, 0.717) is 12.5 Å². The van der Waals surface area contributed by atoms with Gasteiger partial charge in [-0.05, 0) is 37.0 Å².